The fourth-order valence-electron chi connectivity index (χ4n) is 4.67. The van der Waals surface area contributed by atoms with Crippen LogP contribution < -0.4 is 9.47 Å². The standard InChI is InChI=1S/C30H29NO3/c1-33-25-13-8-23(9-14-25)28-17-12-22-6-2-3-7-27(22)29(28)30(32)24-10-15-26(16-11-24)34-21-20-31-18-4-5-19-31/h2-3,6-17H,4-5,18-21H2,1H3. The van der Waals surface area contributed by atoms with Crippen LogP contribution in [0.15, 0.2) is 84.9 Å². The Labute approximate surface area is 200 Å². The molecular weight excluding hydrogens is 422 g/mol. The highest BCUT2D eigenvalue weighted by atomic mass is 16.5. The second-order valence-corrected chi connectivity index (χ2v) is 8.69. The summed E-state index contributed by atoms with van der Waals surface area (Å²) >= 11 is 0. The van der Waals surface area contributed by atoms with Crippen molar-refractivity contribution in [2.75, 3.05) is 33.4 Å². The lowest BCUT2D eigenvalue weighted by molar-refractivity contribution is 0.104. The summed E-state index contributed by atoms with van der Waals surface area (Å²) in [4.78, 5) is 16.2. The Morgan fingerprint density at radius 2 is 1.53 bits per heavy atom. The summed E-state index contributed by atoms with van der Waals surface area (Å²) in [5.41, 5.74) is 3.26. The predicted octanol–water partition coefficient (Wildman–Crippen LogP) is 6.22. The van der Waals surface area contributed by atoms with Gasteiger partial charge < -0.3 is 9.47 Å². The van der Waals surface area contributed by atoms with Crippen LogP contribution in [0.2, 0.25) is 0 Å². The van der Waals surface area contributed by atoms with Gasteiger partial charge in [-0.25, -0.2) is 0 Å². The van der Waals surface area contributed by atoms with Gasteiger partial charge in [-0.05, 0) is 84.2 Å². The van der Waals surface area contributed by atoms with Gasteiger partial charge in [0.05, 0.1) is 7.11 Å². The van der Waals surface area contributed by atoms with Crippen LogP contribution in [0.4, 0.5) is 0 Å². The maximum absolute atomic E-state index is 13.8. The van der Waals surface area contributed by atoms with E-state index in [4.69, 9.17) is 9.47 Å². The molecule has 0 spiro atoms. The zero-order chi connectivity index (χ0) is 23.3. The number of hydrogen-bond donors (Lipinski definition) is 0. The largest absolute Gasteiger partial charge is 0.497 e. The molecule has 1 heterocycles. The SMILES string of the molecule is COc1ccc(-c2ccc3ccccc3c2C(=O)c2ccc(OCCN3CCCC3)cc2)cc1. The first-order valence-electron chi connectivity index (χ1n) is 11.9. The van der Waals surface area contributed by atoms with Gasteiger partial charge in [0.1, 0.15) is 18.1 Å². The molecule has 4 aromatic rings. The van der Waals surface area contributed by atoms with E-state index in [1.807, 2.05) is 78.9 Å². The number of carbonyl (C=O) groups excluding carboxylic acids is 1. The Morgan fingerprint density at radius 1 is 0.824 bits per heavy atom. The van der Waals surface area contributed by atoms with Crippen LogP contribution >= 0.6 is 0 Å². The minimum Gasteiger partial charge on any atom is -0.497 e. The number of fused-ring (bicyclic) bond motifs is 1. The van der Waals surface area contributed by atoms with E-state index >= 15 is 0 Å². The van der Waals surface area contributed by atoms with Crippen LogP contribution in [0.25, 0.3) is 21.9 Å². The molecule has 0 bridgehead atoms. The topological polar surface area (TPSA) is 38.8 Å². The summed E-state index contributed by atoms with van der Waals surface area (Å²) in [6, 6.07) is 27.5. The van der Waals surface area contributed by atoms with Gasteiger partial charge in [0.15, 0.2) is 5.78 Å². The Kier molecular flexibility index (Phi) is 6.59. The van der Waals surface area contributed by atoms with Crippen LogP contribution in [0, 0.1) is 0 Å². The lowest BCUT2D eigenvalue weighted by Gasteiger charge is -2.15. The van der Waals surface area contributed by atoms with E-state index in [-0.39, 0.29) is 5.78 Å². The number of ketones is 1. The van der Waals surface area contributed by atoms with Gasteiger partial charge >= 0.3 is 0 Å². The lowest BCUT2D eigenvalue weighted by Crippen LogP contribution is -2.25. The molecule has 172 valence electrons. The molecule has 0 atom stereocenters. The molecule has 34 heavy (non-hydrogen) atoms. The molecule has 0 saturated carbocycles. The van der Waals surface area contributed by atoms with Crippen molar-refractivity contribution in [3.63, 3.8) is 0 Å². The first-order valence-corrected chi connectivity index (χ1v) is 11.9. The number of carbonyl (C=O) groups is 1. The average Bonchev–Trinajstić information content (AvgIpc) is 3.42. The summed E-state index contributed by atoms with van der Waals surface area (Å²) in [6.07, 6.45) is 2.56. The lowest BCUT2D eigenvalue weighted by atomic mass is 9.89. The number of benzene rings is 4. The van der Waals surface area contributed by atoms with Crippen LogP contribution in [-0.2, 0) is 0 Å². The van der Waals surface area contributed by atoms with Crippen molar-refractivity contribution in [2.45, 2.75) is 12.8 Å². The predicted molar refractivity (Wildman–Crippen MR) is 137 cm³/mol. The molecule has 5 rings (SSSR count). The quantitative estimate of drug-likeness (QED) is 0.298. The zero-order valence-electron chi connectivity index (χ0n) is 19.5. The third-order valence-corrected chi connectivity index (χ3v) is 6.55. The van der Waals surface area contributed by atoms with Gasteiger partial charge in [0.25, 0.3) is 0 Å². The van der Waals surface area contributed by atoms with Crippen molar-refractivity contribution in [2.24, 2.45) is 0 Å². The smallest absolute Gasteiger partial charge is 0.194 e. The Morgan fingerprint density at radius 3 is 2.26 bits per heavy atom. The fourth-order valence-corrected chi connectivity index (χ4v) is 4.67. The Balaban J connectivity index is 1.43. The monoisotopic (exact) mass is 451 g/mol. The van der Waals surface area contributed by atoms with Gasteiger partial charge in [-0.3, -0.25) is 9.69 Å². The van der Waals surface area contributed by atoms with E-state index in [1.54, 1.807) is 7.11 Å². The van der Waals surface area contributed by atoms with Gasteiger partial charge in [-0.1, -0.05) is 48.5 Å². The molecule has 4 heteroatoms. The van der Waals surface area contributed by atoms with Crippen LogP contribution in [0.3, 0.4) is 0 Å². The maximum Gasteiger partial charge on any atom is 0.194 e. The molecule has 0 amide bonds. The van der Waals surface area contributed by atoms with Crippen LogP contribution in [0.1, 0.15) is 28.8 Å². The van der Waals surface area contributed by atoms with E-state index in [0.717, 1.165) is 39.9 Å². The second-order valence-electron chi connectivity index (χ2n) is 8.69. The molecule has 4 nitrogen and oxygen atoms in total. The summed E-state index contributed by atoms with van der Waals surface area (Å²) in [6.45, 7) is 3.94. The first-order chi connectivity index (χ1) is 16.7. The van der Waals surface area contributed by atoms with Crippen molar-refractivity contribution in [1.82, 2.24) is 4.90 Å². The maximum atomic E-state index is 13.8. The minimum absolute atomic E-state index is 0.00577. The van der Waals surface area contributed by atoms with Gasteiger partial charge in [0, 0.05) is 17.7 Å². The van der Waals surface area contributed by atoms with Gasteiger partial charge in [-0.2, -0.15) is 0 Å². The molecule has 0 aromatic heterocycles. The molecule has 1 aliphatic heterocycles. The molecule has 1 saturated heterocycles. The zero-order valence-corrected chi connectivity index (χ0v) is 19.5. The summed E-state index contributed by atoms with van der Waals surface area (Å²) < 4.78 is 11.2. The highest BCUT2D eigenvalue weighted by Gasteiger charge is 2.19. The summed E-state index contributed by atoms with van der Waals surface area (Å²) in [7, 11) is 1.65. The first kappa shape index (κ1) is 22.2. The third-order valence-electron chi connectivity index (χ3n) is 6.55. The van der Waals surface area contributed by atoms with Crippen molar-refractivity contribution < 1.29 is 14.3 Å². The van der Waals surface area contributed by atoms with Gasteiger partial charge in [0.2, 0.25) is 0 Å². The van der Waals surface area contributed by atoms with E-state index < -0.39 is 0 Å². The Bertz CT molecular complexity index is 1270. The Hall–Kier alpha value is -3.63. The van der Waals surface area contributed by atoms with Crippen molar-refractivity contribution >= 4 is 16.6 Å². The highest BCUT2D eigenvalue weighted by Crippen LogP contribution is 2.33. The van der Waals surface area contributed by atoms with E-state index in [1.165, 1.54) is 25.9 Å². The average molecular weight is 452 g/mol. The molecular formula is C30H29NO3. The number of methoxy groups -OCH3 is 1. The number of likely N-dealkylation sites (tertiary alicyclic amines) is 1. The fraction of sp³-hybridized carbons (Fsp3) is 0.233. The molecule has 1 fully saturated rings. The van der Waals surface area contributed by atoms with E-state index in [9.17, 15) is 4.79 Å². The highest BCUT2D eigenvalue weighted by molar-refractivity contribution is 6.20. The number of ether oxygens (including phenoxy) is 2. The van der Waals surface area contributed by atoms with Crippen LogP contribution in [0.5, 0.6) is 11.5 Å². The summed E-state index contributed by atoms with van der Waals surface area (Å²) in [5, 5.41) is 2.00. The third kappa shape index (κ3) is 4.68. The van der Waals surface area contributed by atoms with Crippen LogP contribution in [-0.4, -0.2) is 44.0 Å². The molecule has 0 N–H and O–H groups in total. The molecule has 4 aromatic carbocycles. The summed E-state index contributed by atoms with van der Waals surface area (Å²) in [5.74, 6) is 1.59. The normalized spacial score (nSPS) is 13.8. The van der Waals surface area contributed by atoms with E-state index in [0.29, 0.717) is 17.7 Å². The van der Waals surface area contributed by atoms with E-state index in [2.05, 4.69) is 11.0 Å². The molecule has 0 unspecified atom stereocenters. The number of rotatable bonds is 8. The second kappa shape index (κ2) is 10.1. The van der Waals surface area contributed by atoms with Crippen molar-refractivity contribution in [3.8, 4) is 22.6 Å². The van der Waals surface area contributed by atoms with Crippen molar-refractivity contribution in [3.05, 3.63) is 96.1 Å². The molecule has 0 aliphatic carbocycles. The van der Waals surface area contributed by atoms with Crippen molar-refractivity contribution in [1.29, 1.82) is 0 Å². The number of nitrogens with zero attached hydrogens (tertiary/aromatic N) is 1. The molecule has 0 radical (unpaired) electrons. The van der Waals surface area contributed by atoms with Gasteiger partial charge in [-0.15, -0.1) is 0 Å². The number of hydrogen-bond acceptors (Lipinski definition) is 4. The molecule has 1 aliphatic rings. The minimum atomic E-state index is 0.00577.